The number of aromatic nitrogens is 2. The molecular formula is C13H13F3N4OS. The maximum absolute atomic E-state index is 12.6. The number of hydrogen-bond donors (Lipinski definition) is 1. The van der Waals surface area contributed by atoms with Crippen LogP contribution in [0.3, 0.4) is 0 Å². The number of hydrogen-bond acceptors (Lipinski definition) is 5. The normalized spacial score (nSPS) is 11.7. The van der Waals surface area contributed by atoms with Crippen LogP contribution in [0.4, 0.5) is 18.3 Å². The number of carbonyl (C=O) groups is 1. The van der Waals surface area contributed by atoms with Crippen molar-refractivity contribution in [3.8, 4) is 0 Å². The Balaban J connectivity index is 1.91. The average Bonchev–Trinajstić information content (AvgIpc) is 2.90. The molecule has 118 valence electrons. The maximum atomic E-state index is 12.6. The van der Waals surface area contributed by atoms with Crippen LogP contribution in [0.25, 0.3) is 0 Å². The Labute approximate surface area is 128 Å². The molecule has 1 N–H and O–H groups in total. The number of rotatable bonds is 5. The molecule has 1 heterocycles. The van der Waals surface area contributed by atoms with Gasteiger partial charge in [-0.05, 0) is 18.7 Å². The molecule has 1 aromatic heterocycles. The molecule has 0 aliphatic rings. The van der Waals surface area contributed by atoms with E-state index in [9.17, 15) is 18.0 Å². The molecule has 0 unspecified atom stereocenters. The van der Waals surface area contributed by atoms with Gasteiger partial charge in [-0.15, -0.1) is 10.2 Å². The SMILES string of the molecule is CN(CC(=O)Nc1nncs1)Cc1cccc(C(F)(F)F)c1. The Hall–Kier alpha value is -2.00. The van der Waals surface area contributed by atoms with Gasteiger partial charge in [0.15, 0.2) is 0 Å². The summed E-state index contributed by atoms with van der Waals surface area (Å²) < 4.78 is 37.9. The second-order valence-electron chi connectivity index (χ2n) is 4.66. The van der Waals surface area contributed by atoms with Crippen molar-refractivity contribution in [2.24, 2.45) is 0 Å². The van der Waals surface area contributed by atoms with E-state index >= 15 is 0 Å². The lowest BCUT2D eigenvalue weighted by Gasteiger charge is -2.16. The van der Waals surface area contributed by atoms with Crippen LogP contribution in [-0.2, 0) is 17.5 Å². The maximum Gasteiger partial charge on any atom is 0.416 e. The number of likely N-dealkylation sites (N-methyl/N-ethyl adjacent to an activating group) is 1. The highest BCUT2D eigenvalue weighted by molar-refractivity contribution is 7.13. The van der Waals surface area contributed by atoms with Gasteiger partial charge in [-0.1, -0.05) is 29.5 Å². The van der Waals surface area contributed by atoms with Gasteiger partial charge in [-0.3, -0.25) is 15.0 Å². The van der Waals surface area contributed by atoms with Gasteiger partial charge in [0.25, 0.3) is 0 Å². The highest BCUT2D eigenvalue weighted by atomic mass is 32.1. The van der Waals surface area contributed by atoms with Crippen molar-refractivity contribution in [1.29, 1.82) is 0 Å². The van der Waals surface area contributed by atoms with E-state index in [0.717, 1.165) is 12.1 Å². The van der Waals surface area contributed by atoms with E-state index in [2.05, 4.69) is 15.5 Å². The third kappa shape index (κ3) is 4.78. The summed E-state index contributed by atoms with van der Waals surface area (Å²) in [6, 6.07) is 5.05. The van der Waals surface area contributed by atoms with Gasteiger partial charge in [0.05, 0.1) is 12.1 Å². The molecule has 2 aromatic rings. The van der Waals surface area contributed by atoms with E-state index in [1.165, 1.54) is 22.9 Å². The molecule has 0 bridgehead atoms. The van der Waals surface area contributed by atoms with Gasteiger partial charge >= 0.3 is 6.18 Å². The van der Waals surface area contributed by atoms with Gasteiger partial charge in [0.1, 0.15) is 5.51 Å². The fourth-order valence-corrected chi connectivity index (χ4v) is 2.31. The van der Waals surface area contributed by atoms with Gasteiger partial charge in [-0.25, -0.2) is 0 Å². The monoisotopic (exact) mass is 330 g/mol. The zero-order chi connectivity index (χ0) is 16.2. The number of amides is 1. The summed E-state index contributed by atoms with van der Waals surface area (Å²) in [6.07, 6.45) is -4.37. The van der Waals surface area contributed by atoms with Gasteiger partial charge in [0, 0.05) is 6.54 Å². The quantitative estimate of drug-likeness (QED) is 0.916. The van der Waals surface area contributed by atoms with Crippen molar-refractivity contribution in [2.75, 3.05) is 18.9 Å². The minimum atomic E-state index is -4.37. The summed E-state index contributed by atoms with van der Waals surface area (Å²) >= 11 is 1.19. The van der Waals surface area contributed by atoms with Crippen LogP contribution in [0.2, 0.25) is 0 Å². The molecule has 1 aromatic carbocycles. The Morgan fingerprint density at radius 2 is 2.18 bits per heavy atom. The van der Waals surface area contributed by atoms with Crippen LogP contribution < -0.4 is 5.32 Å². The number of halogens is 3. The molecule has 1 amide bonds. The van der Waals surface area contributed by atoms with Crippen LogP contribution in [0, 0.1) is 0 Å². The third-order valence-corrected chi connectivity index (χ3v) is 3.33. The molecule has 0 fully saturated rings. The summed E-state index contributed by atoms with van der Waals surface area (Å²) in [4.78, 5) is 13.4. The first-order chi connectivity index (χ1) is 10.3. The molecule has 2 rings (SSSR count). The number of anilines is 1. The Bertz CT molecular complexity index is 630. The van der Waals surface area contributed by atoms with Crippen molar-refractivity contribution in [1.82, 2.24) is 15.1 Å². The number of carbonyl (C=O) groups excluding carboxylic acids is 1. The Morgan fingerprint density at radius 3 is 2.82 bits per heavy atom. The molecule has 0 atom stereocenters. The smallest absolute Gasteiger partial charge is 0.299 e. The lowest BCUT2D eigenvalue weighted by molar-refractivity contribution is -0.137. The minimum absolute atomic E-state index is 0.0375. The van der Waals surface area contributed by atoms with E-state index in [-0.39, 0.29) is 19.0 Å². The molecule has 0 radical (unpaired) electrons. The van der Waals surface area contributed by atoms with E-state index in [1.54, 1.807) is 18.0 Å². The molecular weight excluding hydrogens is 317 g/mol. The topological polar surface area (TPSA) is 58.1 Å². The first-order valence-corrected chi connectivity index (χ1v) is 7.13. The number of nitrogens with zero attached hydrogens (tertiary/aromatic N) is 3. The first kappa shape index (κ1) is 16.4. The molecule has 0 spiro atoms. The fourth-order valence-electron chi connectivity index (χ4n) is 1.85. The second-order valence-corrected chi connectivity index (χ2v) is 5.50. The molecule has 9 heteroatoms. The largest absolute Gasteiger partial charge is 0.416 e. The van der Waals surface area contributed by atoms with E-state index in [1.807, 2.05) is 0 Å². The van der Waals surface area contributed by atoms with Crippen molar-refractivity contribution in [3.63, 3.8) is 0 Å². The standard InChI is InChI=1S/C13H13F3N4OS/c1-20(7-11(21)18-12-19-17-8-22-12)6-9-3-2-4-10(5-9)13(14,15)16/h2-5,8H,6-7H2,1H3,(H,18,19,21). The summed E-state index contributed by atoms with van der Waals surface area (Å²) in [5.74, 6) is -0.300. The molecule has 0 aliphatic heterocycles. The van der Waals surface area contributed by atoms with Gasteiger partial charge in [0.2, 0.25) is 11.0 Å². The van der Waals surface area contributed by atoms with Gasteiger partial charge < -0.3 is 0 Å². The van der Waals surface area contributed by atoms with Crippen LogP contribution >= 0.6 is 11.3 Å². The molecule has 0 saturated carbocycles. The van der Waals surface area contributed by atoms with Crippen molar-refractivity contribution < 1.29 is 18.0 Å². The lowest BCUT2D eigenvalue weighted by Crippen LogP contribution is -2.29. The van der Waals surface area contributed by atoms with E-state index in [0.29, 0.717) is 10.7 Å². The molecule has 22 heavy (non-hydrogen) atoms. The predicted molar refractivity (Wildman–Crippen MR) is 76.3 cm³/mol. The highest BCUT2D eigenvalue weighted by Crippen LogP contribution is 2.29. The summed E-state index contributed by atoms with van der Waals surface area (Å²) in [7, 11) is 1.65. The van der Waals surface area contributed by atoms with E-state index < -0.39 is 11.7 Å². The number of benzene rings is 1. The number of nitrogens with one attached hydrogen (secondary N) is 1. The number of alkyl halides is 3. The zero-order valence-corrected chi connectivity index (χ0v) is 12.4. The highest BCUT2D eigenvalue weighted by Gasteiger charge is 2.30. The average molecular weight is 330 g/mol. The van der Waals surface area contributed by atoms with Crippen molar-refractivity contribution >= 4 is 22.4 Å². The van der Waals surface area contributed by atoms with Crippen LogP contribution in [-0.4, -0.2) is 34.6 Å². The summed E-state index contributed by atoms with van der Waals surface area (Å²) in [6.45, 7) is 0.267. The molecule has 0 aliphatic carbocycles. The Kier molecular flexibility index (Phi) is 5.09. The van der Waals surface area contributed by atoms with Gasteiger partial charge in [-0.2, -0.15) is 13.2 Å². The molecule has 5 nitrogen and oxygen atoms in total. The summed E-state index contributed by atoms with van der Waals surface area (Å²) in [5.41, 5.74) is 1.28. The fraction of sp³-hybridized carbons (Fsp3) is 0.308. The third-order valence-electron chi connectivity index (χ3n) is 2.73. The lowest BCUT2D eigenvalue weighted by atomic mass is 10.1. The first-order valence-electron chi connectivity index (χ1n) is 6.25. The van der Waals surface area contributed by atoms with Crippen LogP contribution in [0.1, 0.15) is 11.1 Å². The minimum Gasteiger partial charge on any atom is -0.299 e. The molecule has 0 saturated heterocycles. The van der Waals surface area contributed by atoms with Crippen LogP contribution in [0.5, 0.6) is 0 Å². The Morgan fingerprint density at radius 1 is 1.41 bits per heavy atom. The van der Waals surface area contributed by atoms with Crippen molar-refractivity contribution in [3.05, 3.63) is 40.9 Å². The zero-order valence-electron chi connectivity index (χ0n) is 11.6. The summed E-state index contributed by atoms with van der Waals surface area (Å²) in [5, 5.41) is 10.2. The van der Waals surface area contributed by atoms with Crippen molar-refractivity contribution in [2.45, 2.75) is 12.7 Å². The van der Waals surface area contributed by atoms with E-state index in [4.69, 9.17) is 0 Å². The second kappa shape index (κ2) is 6.84. The van der Waals surface area contributed by atoms with Crippen LogP contribution in [0.15, 0.2) is 29.8 Å². The predicted octanol–water partition coefficient (Wildman–Crippen LogP) is 2.63.